The lowest BCUT2D eigenvalue weighted by Crippen LogP contribution is -2.30. The van der Waals surface area contributed by atoms with Crippen molar-refractivity contribution in [3.05, 3.63) is 0 Å². The van der Waals surface area contributed by atoms with Gasteiger partial charge in [0.2, 0.25) is 16.6 Å². The Labute approximate surface area is 170 Å². The molecule has 162 valence electrons. The molecule has 8 nitrogen and oxygen atoms in total. The first-order valence-corrected chi connectivity index (χ1v) is 16.5. The number of hydrogen-bond acceptors (Lipinski definition) is 8. The highest BCUT2D eigenvalue weighted by atomic mass is 28.4. The second-order valence-corrected chi connectivity index (χ2v) is 17.0. The minimum absolute atomic E-state index is 0.00870. The second kappa shape index (κ2) is 12.7. The highest BCUT2D eigenvalue weighted by Gasteiger charge is 2.23. The van der Waals surface area contributed by atoms with E-state index in [-0.39, 0.29) is 31.2 Å². The van der Waals surface area contributed by atoms with Gasteiger partial charge in [-0.25, -0.2) is 0 Å². The van der Waals surface area contributed by atoms with Crippen molar-refractivity contribution in [3.8, 4) is 0 Å². The van der Waals surface area contributed by atoms with E-state index in [4.69, 9.17) is 18.5 Å². The number of carbonyl (C=O) groups excluding carboxylic acids is 2. The Morgan fingerprint density at radius 3 is 1.61 bits per heavy atom. The second-order valence-electron chi connectivity index (χ2n) is 8.18. The third-order valence-electron chi connectivity index (χ3n) is 2.86. The van der Waals surface area contributed by atoms with Crippen molar-refractivity contribution < 1.29 is 28.1 Å². The molecule has 0 aromatic rings. The third kappa shape index (κ3) is 15.4. The summed E-state index contributed by atoms with van der Waals surface area (Å²) in [5.74, 6) is -0.601. The molecule has 0 aliphatic rings. The van der Waals surface area contributed by atoms with Crippen LogP contribution >= 0.6 is 0 Å². The fourth-order valence-electron chi connectivity index (χ4n) is 2.02. The topological polar surface area (TPSA) is 95.8 Å². The number of rotatable bonds is 13. The molecule has 0 saturated carbocycles. The van der Waals surface area contributed by atoms with Crippen molar-refractivity contribution >= 4 is 40.0 Å². The molecule has 0 heterocycles. The van der Waals surface area contributed by atoms with Crippen LogP contribution in [0.25, 0.3) is 0 Å². The highest BCUT2D eigenvalue weighted by Crippen LogP contribution is 2.11. The summed E-state index contributed by atoms with van der Waals surface area (Å²) < 4.78 is 10.9. The largest absolute Gasteiger partial charge is 0.520 e. The Hall–Kier alpha value is -1.69. The maximum atomic E-state index is 12.2. The molecule has 0 spiro atoms. The smallest absolute Gasteiger partial charge is 0.298 e. The van der Waals surface area contributed by atoms with E-state index in [1.807, 2.05) is 53.1 Å². The molecule has 0 unspecified atom stereocenters. The number of carbonyl (C=O) groups is 2. The maximum Gasteiger partial charge on any atom is 0.298 e. The molecule has 0 atom stereocenters. The molecule has 28 heavy (non-hydrogen) atoms. The van der Waals surface area contributed by atoms with Crippen molar-refractivity contribution in [1.82, 2.24) is 0 Å². The van der Waals surface area contributed by atoms with Crippen LogP contribution in [0.5, 0.6) is 0 Å². The van der Waals surface area contributed by atoms with Crippen LogP contribution in [-0.4, -0.2) is 53.2 Å². The van der Waals surface area contributed by atoms with Gasteiger partial charge < -0.3 is 18.5 Å². The SMILES string of the molecule is CCO/N=C(\CCC(=O)O[Si](C)(C)C)C/C(CC(=O)O[Si](C)(C)C)=N\OCC. The number of nitrogens with zero attached hydrogens (tertiary/aromatic N) is 2. The van der Waals surface area contributed by atoms with Crippen LogP contribution in [-0.2, 0) is 28.1 Å². The average Bonchev–Trinajstić information content (AvgIpc) is 2.51. The van der Waals surface area contributed by atoms with Crippen molar-refractivity contribution in [1.29, 1.82) is 0 Å². The summed E-state index contributed by atoms with van der Waals surface area (Å²) in [5.41, 5.74) is 1.09. The molecule has 0 saturated heterocycles. The van der Waals surface area contributed by atoms with Gasteiger partial charge in [0.1, 0.15) is 13.2 Å². The van der Waals surface area contributed by atoms with E-state index in [0.29, 0.717) is 31.1 Å². The van der Waals surface area contributed by atoms with E-state index in [2.05, 4.69) is 10.3 Å². The van der Waals surface area contributed by atoms with Crippen LogP contribution in [0.4, 0.5) is 0 Å². The van der Waals surface area contributed by atoms with Gasteiger partial charge in [0, 0.05) is 12.8 Å². The van der Waals surface area contributed by atoms with Gasteiger partial charge in [-0.15, -0.1) is 0 Å². The molecule has 0 aliphatic heterocycles. The summed E-state index contributed by atoms with van der Waals surface area (Å²) in [6, 6.07) is 0. The molecule has 0 fully saturated rings. The lowest BCUT2D eigenvalue weighted by atomic mass is 10.1. The minimum Gasteiger partial charge on any atom is -0.520 e. The van der Waals surface area contributed by atoms with Crippen LogP contribution in [0.15, 0.2) is 10.3 Å². The normalized spacial score (nSPS) is 13.1. The van der Waals surface area contributed by atoms with Gasteiger partial charge in [0.05, 0.1) is 17.8 Å². The first-order chi connectivity index (χ1) is 12.9. The van der Waals surface area contributed by atoms with Gasteiger partial charge in [-0.2, -0.15) is 0 Å². The van der Waals surface area contributed by atoms with Crippen LogP contribution in [0.2, 0.25) is 39.3 Å². The van der Waals surface area contributed by atoms with E-state index >= 15 is 0 Å². The summed E-state index contributed by atoms with van der Waals surface area (Å²) in [6.07, 6.45) is 0.824. The van der Waals surface area contributed by atoms with Gasteiger partial charge in [-0.05, 0) is 59.6 Å². The van der Waals surface area contributed by atoms with Gasteiger partial charge in [0.15, 0.2) is 0 Å². The minimum atomic E-state index is -1.99. The third-order valence-corrected chi connectivity index (χ3v) is 4.54. The molecule has 0 aromatic carbocycles. The molecule has 0 amide bonds. The molecule has 0 aromatic heterocycles. The van der Waals surface area contributed by atoms with Crippen molar-refractivity contribution in [2.24, 2.45) is 10.3 Å². The zero-order valence-corrected chi connectivity index (χ0v) is 20.6. The van der Waals surface area contributed by atoms with E-state index in [9.17, 15) is 9.59 Å². The van der Waals surface area contributed by atoms with Crippen molar-refractivity contribution in [2.75, 3.05) is 13.2 Å². The molecular formula is C18H36N2O6Si2. The predicted octanol–water partition coefficient (Wildman–Crippen LogP) is 4.09. The first kappa shape index (κ1) is 26.3. The van der Waals surface area contributed by atoms with E-state index in [1.54, 1.807) is 0 Å². The lowest BCUT2D eigenvalue weighted by Gasteiger charge is -2.18. The summed E-state index contributed by atoms with van der Waals surface area (Å²) in [6.45, 7) is 16.1. The molecule has 0 N–H and O–H groups in total. The summed E-state index contributed by atoms with van der Waals surface area (Å²) >= 11 is 0. The number of oxime groups is 2. The lowest BCUT2D eigenvalue weighted by molar-refractivity contribution is -0.135. The quantitative estimate of drug-likeness (QED) is 0.247. The van der Waals surface area contributed by atoms with Crippen LogP contribution in [0.3, 0.4) is 0 Å². The van der Waals surface area contributed by atoms with Crippen LogP contribution in [0.1, 0.15) is 39.5 Å². The van der Waals surface area contributed by atoms with Crippen LogP contribution in [0, 0.1) is 0 Å². The Kier molecular flexibility index (Phi) is 11.9. The molecular weight excluding hydrogens is 396 g/mol. The standard InChI is InChI=1S/C18H36N2O6Si2/c1-9-23-19-15(11-12-17(21)25-27(3,4)5)13-16(20-24-10-2)14-18(22)26-28(6,7)8/h9-14H2,1-8H3/b19-15+,20-16+. The molecule has 10 heteroatoms. The van der Waals surface area contributed by atoms with E-state index < -0.39 is 16.6 Å². The highest BCUT2D eigenvalue weighted by molar-refractivity contribution is 6.71. The van der Waals surface area contributed by atoms with Gasteiger partial charge >= 0.3 is 0 Å². The van der Waals surface area contributed by atoms with Crippen molar-refractivity contribution in [3.63, 3.8) is 0 Å². The molecule has 0 aliphatic carbocycles. The van der Waals surface area contributed by atoms with Crippen molar-refractivity contribution in [2.45, 2.75) is 78.8 Å². The maximum absolute atomic E-state index is 12.2. The molecule has 0 radical (unpaired) electrons. The Bertz CT molecular complexity index is 565. The fraction of sp³-hybridized carbons (Fsp3) is 0.778. The Morgan fingerprint density at radius 2 is 1.14 bits per heavy atom. The van der Waals surface area contributed by atoms with E-state index in [0.717, 1.165) is 0 Å². The van der Waals surface area contributed by atoms with Gasteiger partial charge in [-0.3, -0.25) is 9.59 Å². The van der Waals surface area contributed by atoms with Gasteiger partial charge in [-0.1, -0.05) is 10.3 Å². The predicted molar refractivity (Wildman–Crippen MR) is 115 cm³/mol. The molecule has 0 bridgehead atoms. The fourth-order valence-corrected chi connectivity index (χ4v) is 3.56. The Balaban J connectivity index is 5.09. The number of hydrogen-bond donors (Lipinski definition) is 0. The Morgan fingerprint density at radius 1 is 0.679 bits per heavy atom. The summed E-state index contributed by atoms with van der Waals surface area (Å²) in [7, 11) is -3.92. The van der Waals surface area contributed by atoms with E-state index in [1.165, 1.54) is 0 Å². The monoisotopic (exact) mass is 432 g/mol. The average molecular weight is 433 g/mol. The van der Waals surface area contributed by atoms with Gasteiger partial charge in [0.25, 0.3) is 11.9 Å². The first-order valence-electron chi connectivity index (χ1n) is 9.65. The molecule has 0 rings (SSSR count). The zero-order valence-electron chi connectivity index (χ0n) is 18.6. The summed E-state index contributed by atoms with van der Waals surface area (Å²) in [4.78, 5) is 34.5. The van der Waals surface area contributed by atoms with Crippen LogP contribution < -0.4 is 0 Å². The zero-order chi connectivity index (χ0) is 21.8. The summed E-state index contributed by atoms with van der Waals surface area (Å²) in [5, 5.41) is 8.11.